The monoisotopic (exact) mass is 374 g/mol. The summed E-state index contributed by atoms with van der Waals surface area (Å²) in [6, 6.07) is 7.73. The number of halogens is 1. The highest BCUT2D eigenvalue weighted by Crippen LogP contribution is 2.15. The van der Waals surface area contributed by atoms with Crippen LogP contribution in [-0.4, -0.2) is 24.7 Å². The zero-order valence-corrected chi connectivity index (χ0v) is 15.6. The topological polar surface area (TPSA) is 59.7 Å². The molecule has 0 atom stereocenters. The van der Waals surface area contributed by atoms with Crippen molar-refractivity contribution >= 4 is 40.3 Å². The van der Waals surface area contributed by atoms with E-state index in [0.717, 1.165) is 34.2 Å². The zero-order chi connectivity index (χ0) is 17.8. The maximum atomic E-state index is 6.01. The summed E-state index contributed by atoms with van der Waals surface area (Å²) in [4.78, 5) is 0. The Morgan fingerprint density at radius 2 is 2.08 bits per heavy atom. The second kappa shape index (κ2) is 7.67. The first kappa shape index (κ1) is 17.4. The molecule has 8 heteroatoms. The van der Waals surface area contributed by atoms with E-state index in [1.807, 2.05) is 46.7 Å². The molecule has 3 aromatic rings. The molecule has 0 aliphatic rings. The van der Waals surface area contributed by atoms with Crippen LogP contribution in [0.2, 0.25) is 5.02 Å². The predicted molar refractivity (Wildman–Crippen MR) is 105 cm³/mol. The molecule has 0 saturated carbocycles. The van der Waals surface area contributed by atoms with E-state index in [9.17, 15) is 0 Å². The van der Waals surface area contributed by atoms with Gasteiger partial charge in [-0.2, -0.15) is 10.2 Å². The normalized spacial score (nSPS) is 10.7. The summed E-state index contributed by atoms with van der Waals surface area (Å²) in [6.45, 7) is 5.52. The fraction of sp³-hybridized carbons (Fsp3) is 0.235. The maximum absolute atomic E-state index is 6.01. The summed E-state index contributed by atoms with van der Waals surface area (Å²) < 4.78 is 3.74. The van der Waals surface area contributed by atoms with E-state index in [1.54, 1.807) is 12.4 Å². The lowest BCUT2D eigenvalue weighted by Crippen LogP contribution is -2.19. The van der Waals surface area contributed by atoms with Crippen LogP contribution in [-0.2, 0) is 13.1 Å². The van der Waals surface area contributed by atoms with Crippen molar-refractivity contribution in [1.82, 2.24) is 19.6 Å². The van der Waals surface area contributed by atoms with Crippen molar-refractivity contribution in [1.29, 1.82) is 0 Å². The number of anilines is 2. The van der Waals surface area contributed by atoms with E-state index in [-0.39, 0.29) is 0 Å². The first-order chi connectivity index (χ1) is 12.0. The molecule has 0 spiro atoms. The summed E-state index contributed by atoms with van der Waals surface area (Å²) in [5, 5.41) is 16.2. The highest BCUT2D eigenvalue weighted by atomic mass is 35.5. The third-order valence-electron chi connectivity index (χ3n) is 3.78. The number of hydrogen-bond donors (Lipinski definition) is 2. The molecular formula is C17H19ClN6S. The Balaban J connectivity index is 1.60. The molecule has 0 amide bonds. The maximum Gasteiger partial charge on any atom is 0.175 e. The van der Waals surface area contributed by atoms with Gasteiger partial charge in [0.2, 0.25) is 0 Å². The molecule has 0 saturated heterocycles. The van der Waals surface area contributed by atoms with Gasteiger partial charge < -0.3 is 10.6 Å². The van der Waals surface area contributed by atoms with Gasteiger partial charge in [0, 0.05) is 17.8 Å². The summed E-state index contributed by atoms with van der Waals surface area (Å²) >= 11 is 11.4. The molecule has 1 aromatic carbocycles. The van der Waals surface area contributed by atoms with Gasteiger partial charge in [0.05, 0.1) is 36.0 Å². The Hall–Kier alpha value is -2.38. The van der Waals surface area contributed by atoms with E-state index in [0.29, 0.717) is 11.7 Å². The van der Waals surface area contributed by atoms with Crippen molar-refractivity contribution in [3.05, 3.63) is 59.1 Å². The van der Waals surface area contributed by atoms with E-state index in [1.165, 1.54) is 0 Å². The highest BCUT2D eigenvalue weighted by molar-refractivity contribution is 7.80. The minimum atomic E-state index is 0.501. The Bertz CT molecular complexity index is 885. The van der Waals surface area contributed by atoms with Crippen LogP contribution in [0.15, 0.2) is 42.9 Å². The Kier molecular flexibility index (Phi) is 5.35. The van der Waals surface area contributed by atoms with Gasteiger partial charge in [-0.3, -0.25) is 9.36 Å². The lowest BCUT2D eigenvalue weighted by atomic mass is 10.2. The van der Waals surface area contributed by atoms with Crippen molar-refractivity contribution in [2.24, 2.45) is 0 Å². The number of aryl methyl sites for hydroxylation is 1. The van der Waals surface area contributed by atoms with E-state index in [4.69, 9.17) is 23.8 Å². The molecule has 0 radical (unpaired) electrons. The van der Waals surface area contributed by atoms with Crippen molar-refractivity contribution in [3.8, 4) is 0 Å². The lowest BCUT2D eigenvalue weighted by Gasteiger charge is -2.08. The predicted octanol–water partition coefficient (Wildman–Crippen LogP) is 3.92. The molecular weight excluding hydrogens is 356 g/mol. The number of nitrogens with zero attached hydrogens (tertiary/aromatic N) is 4. The lowest BCUT2D eigenvalue weighted by molar-refractivity contribution is 0.640. The molecule has 3 rings (SSSR count). The van der Waals surface area contributed by atoms with E-state index < -0.39 is 0 Å². The molecule has 2 N–H and O–H groups in total. The molecule has 0 aliphatic heterocycles. The Morgan fingerprint density at radius 3 is 2.80 bits per heavy atom. The molecule has 130 valence electrons. The number of hydrogen-bond acceptors (Lipinski definition) is 3. The third kappa shape index (κ3) is 4.37. The summed E-state index contributed by atoms with van der Waals surface area (Å²) in [7, 11) is 0. The minimum Gasteiger partial charge on any atom is -0.330 e. The number of thiocarbonyl (C=S) groups is 1. The van der Waals surface area contributed by atoms with E-state index >= 15 is 0 Å². The second-order valence-electron chi connectivity index (χ2n) is 5.60. The van der Waals surface area contributed by atoms with Crippen LogP contribution in [0, 0.1) is 6.92 Å². The van der Waals surface area contributed by atoms with E-state index in [2.05, 4.69) is 27.8 Å². The van der Waals surface area contributed by atoms with Crippen LogP contribution in [0.5, 0.6) is 0 Å². The largest absolute Gasteiger partial charge is 0.330 e. The molecule has 2 aromatic heterocycles. The van der Waals surface area contributed by atoms with Gasteiger partial charge >= 0.3 is 0 Å². The molecule has 0 bridgehead atoms. The standard InChI is InChI=1S/C17H19ClN6S/c1-3-24-12(2)16(9-20-24)22-17(25)21-15-8-19-23(11-15)10-13-5-4-6-14(18)7-13/h4-9,11H,3,10H2,1-2H3,(H2,21,22,25). The average molecular weight is 375 g/mol. The fourth-order valence-corrected chi connectivity index (χ4v) is 2.95. The number of aromatic nitrogens is 4. The van der Waals surface area contributed by atoms with Crippen LogP contribution in [0.3, 0.4) is 0 Å². The van der Waals surface area contributed by atoms with Crippen LogP contribution in [0.25, 0.3) is 0 Å². The summed E-state index contributed by atoms with van der Waals surface area (Å²) in [5.41, 5.74) is 3.85. The summed E-state index contributed by atoms with van der Waals surface area (Å²) in [5.74, 6) is 0. The molecule has 2 heterocycles. The van der Waals surface area contributed by atoms with Gasteiger partial charge in [0.25, 0.3) is 0 Å². The quantitative estimate of drug-likeness (QED) is 0.663. The van der Waals surface area contributed by atoms with Crippen LogP contribution in [0.4, 0.5) is 11.4 Å². The van der Waals surface area contributed by atoms with Crippen molar-refractivity contribution in [2.45, 2.75) is 26.9 Å². The van der Waals surface area contributed by atoms with Gasteiger partial charge in [-0.05, 0) is 43.8 Å². The van der Waals surface area contributed by atoms with Gasteiger partial charge in [0.1, 0.15) is 0 Å². The smallest absolute Gasteiger partial charge is 0.175 e. The average Bonchev–Trinajstić information content (AvgIpc) is 3.14. The molecule has 0 fully saturated rings. The van der Waals surface area contributed by atoms with Crippen molar-refractivity contribution < 1.29 is 0 Å². The molecule has 25 heavy (non-hydrogen) atoms. The Morgan fingerprint density at radius 1 is 1.24 bits per heavy atom. The molecule has 0 aliphatic carbocycles. The zero-order valence-electron chi connectivity index (χ0n) is 14.0. The van der Waals surface area contributed by atoms with Gasteiger partial charge in [-0.25, -0.2) is 0 Å². The van der Waals surface area contributed by atoms with Crippen LogP contribution >= 0.6 is 23.8 Å². The minimum absolute atomic E-state index is 0.501. The molecule has 6 nitrogen and oxygen atoms in total. The second-order valence-corrected chi connectivity index (χ2v) is 6.44. The third-order valence-corrected chi connectivity index (χ3v) is 4.21. The van der Waals surface area contributed by atoms with Crippen LogP contribution in [0.1, 0.15) is 18.2 Å². The first-order valence-electron chi connectivity index (χ1n) is 7.92. The van der Waals surface area contributed by atoms with Gasteiger partial charge in [-0.1, -0.05) is 23.7 Å². The van der Waals surface area contributed by atoms with Crippen molar-refractivity contribution in [3.63, 3.8) is 0 Å². The summed E-state index contributed by atoms with van der Waals surface area (Å²) in [6.07, 6.45) is 5.41. The number of rotatable bonds is 5. The van der Waals surface area contributed by atoms with Gasteiger partial charge in [0.15, 0.2) is 5.11 Å². The number of benzene rings is 1. The first-order valence-corrected chi connectivity index (χ1v) is 8.71. The SMILES string of the molecule is CCn1ncc(NC(=S)Nc2cnn(Cc3cccc(Cl)c3)c2)c1C. The fourth-order valence-electron chi connectivity index (χ4n) is 2.51. The Labute approximate surface area is 156 Å². The highest BCUT2D eigenvalue weighted by Gasteiger charge is 2.08. The van der Waals surface area contributed by atoms with Crippen molar-refractivity contribution in [2.75, 3.05) is 10.6 Å². The molecule has 0 unspecified atom stereocenters. The van der Waals surface area contributed by atoms with Crippen LogP contribution < -0.4 is 10.6 Å². The van der Waals surface area contributed by atoms with Gasteiger partial charge in [-0.15, -0.1) is 0 Å². The number of nitrogens with one attached hydrogen (secondary N) is 2.